The van der Waals surface area contributed by atoms with Crippen LogP contribution >= 0.6 is 0 Å². The molecule has 0 aliphatic carbocycles. The van der Waals surface area contributed by atoms with Gasteiger partial charge in [0, 0.05) is 38.8 Å². The van der Waals surface area contributed by atoms with E-state index in [4.69, 9.17) is 4.74 Å². The van der Waals surface area contributed by atoms with E-state index in [1.807, 2.05) is 0 Å². The van der Waals surface area contributed by atoms with E-state index < -0.39 is 0 Å². The molecule has 0 saturated carbocycles. The largest absolute Gasteiger partial charge is 0.494 e. The third-order valence-electron chi connectivity index (χ3n) is 4.91. The summed E-state index contributed by atoms with van der Waals surface area (Å²) in [5.74, 6) is 1.81. The average Bonchev–Trinajstić information content (AvgIpc) is 2.56. The molecule has 0 spiro atoms. The highest BCUT2D eigenvalue weighted by atomic mass is 16.5. The molecule has 0 unspecified atom stereocenters. The Hall–Kier alpha value is -1.06. The Kier molecular flexibility index (Phi) is 8.07. The number of rotatable bonds is 9. The topological polar surface area (TPSA) is 15.7 Å². The van der Waals surface area contributed by atoms with Crippen molar-refractivity contribution in [2.45, 2.75) is 59.5 Å². The lowest BCUT2D eigenvalue weighted by molar-refractivity contribution is 0.104. The number of ether oxygens (including phenoxy) is 1. The predicted octanol–water partition coefficient (Wildman–Crippen LogP) is 4.42. The van der Waals surface area contributed by atoms with Crippen molar-refractivity contribution in [1.29, 1.82) is 0 Å². The quantitative estimate of drug-likeness (QED) is 0.623. The Balaban J connectivity index is 1.67. The number of hydrogen-bond donors (Lipinski definition) is 0. The van der Waals surface area contributed by atoms with Crippen LogP contribution in [0.5, 0.6) is 5.75 Å². The highest BCUT2D eigenvalue weighted by Crippen LogP contribution is 2.16. The molecular weight excluding hydrogens is 296 g/mol. The summed E-state index contributed by atoms with van der Waals surface area (Å²) >= 11 is 0. The second-order valence-corrected chi connectivity index (χ2v) is 7.79. The summed E-state index contributed by atoms with van der Waals surface area (Å²) in [4.78, 5) is 5.12. The number of piperazine rings is 1. The van der Waals surface area contributed by atoms with E-state index >= 15 is 0 Å². The summed E-state index contributed by atoms with van der Waals surface area (Å²) in [6.45, 7) is 15.8. The molecule has 0 radical (unpaired) electrons. The van der Waals surface area contributed by atoms with Crippen LogP contribution < -0.4 is 4.74 Å². The van der Waals surface area contributed by atoms with Gasteiger partial charge in [0.25, 0.3) is 0 Å². The van der Waals surface area contributed by atoms with E-state index in [1.54, 1.807) is 0 Å². The third-order valence-corrected chi connectivity index (χ3v) is 4.91. The Morgan fingerprint density at radius 2 is 1.58 bits per heavy atom. The van der Waals surface area contributed by atoms with Crippen molar-refractivity contribution in [2.24, 2.45) is 5.92 Å². The molecule has 136 valence electrons. The van der Waals surface area contributed by atoms with Gasteiger partial charge in [-0.1, -0.05) is 32.4 Å². The SMILES string of the molecule is CC(C)CCCCOc1ccc(CN2CCN(C(C)C)CC2)cc1. The third kappa shape index (κ3) is 6.82. The van der Waals surface area contributed by atoms with Crippen LogP contribution in [0.4, 0.5) is 0 Å². The van der Waals surface area contributed by atoms with Crippen molar-refractivity contribution in [3.63, 3.8) is 0 Å². The van der Waals surface area contributed by atoms with Gasteiger partial charge < -0.3 is 4.74 Å². The summed E-state index contributed by atoms with van der Waals surface area (Å²) in [7, 11) is 0. The summed E-state index contributed by atoms with van der Waals surface area (Å²) in [5, 5.41) is 0. The Labute approximate surface area is 149 Å². The summed E-state index contributed by atoms with van der Waals surface area (Å²) in [6.07, 6.45) is 3.71. The van der Waals surface area contributed by atoms with Gasteiger partial charge in [-0.25, -0.2) is 0 Å². The molecular formula is C21H36N2O. The predicted molar refractivity (Wildman–Crippen MR) is 103 cm³/mol. The fourth-order valence-electron chi connectivity index (χ4n) is 3.23. The van der Waals surface area contributed by atoms with Gasteiger partial charge in [0.1, 0.15) is 5.75 Å². The summed E-state index contributed by atoms with van der Waals surface area (Å²) in [5.41, 5.74) is 1.39. The number of hydrogen-bond acceptors (Lipinski definition) is 3. The molecule has 3 heteroatoms. The van der Waals surface area contributed by atoms with E-state index in [0.717, 1.165) is 31.2 Å². The van der Waals surface area contributed by atoms with Gasteiger partial charge in [-0.2, -0.15) is 0 Å². The zero-order chi connectivity index (χ0) is 17.4. The van der Waals surface area contributed by atoms with Crippen LogP contribution in [0.1, 0.15) is 52.5 Å². The second kappa shape index (κ2) is 10.0. The molecule has 0 aromatic heterocycles. The van der Waals surface area contributed by atoms with Gasteiger partial charge in [0.05, 0.1) is 6.61 Å². The van der Waals surface area contributed by atoms with Crippen molar-refractivity contribution in [1.82, 2.24) is 9.80 Å². The monoisotopic (exact) mass is 332 g/mol. The molecule has 24 heavy (non-hydrogen) atoms. The fraction of sp³-hybridized carbons (Fsp3) is 0.714. The molecule has 0 bridgehead atoms. The molecule has 0 N–H and O–H groups in total. The summed E-state index contributed by atoms with van der Waals surface area (Å²) in [6, 6.07) is 9.37. The van der Waals surface area contributed by atoms with E-state index in [0.29, 0.717) is 6.04 Å². The second-order valence-electron chi connectivity index (χ2n) is 7.79. The van der Waals surface area contributed by atoms with Crippen LogP contribution in [0.3, 0.4) is 0 Å². The Morgan fingerprint density at radius 3 is 2.17 bits per heavy atom. The van der Waals surface area contributed by atoms with Crippen molar-refractivity contribution >= 4 is 0 Å². The van der Waals surface area contributed by atoms with E-state index in [2.05, 4.69) is 61.8 Å². The Morgan fingerprint density at radius 1 is 0.917 bits per heavy atom. The number of unbranched alkanes of at least 4 members (excludes halogenated alkanes) is 1. The maximum Gasteiger partial charge on any atom is 0.119 e. The van der Waals surface area contributed by atoms with E-state index in [9.17, 15) is 0 Å². The van der Waals surface area contributed by atoms with Gasteiger partial charge in [0.2, 0.25) is 0 Å². The lowest BCUT2D eigenvalue weighted by Gasteiger charge is -2.36. The standard InChI is InChI=1S/C21H36N2O/c1-18(2)7-5-6-16-24-21-10-8-20(9-11-21)17-22-12-14-23(15-13-22)19(3)4/h8-11,18-19H,5-7,12-17H2,1-4H3. The number of nitrogens with zero attached hydrogens (tertiary/aromatic N) is 2. The minimum Gasteiger partial charge on any atom is -0.494 e. The molecule has 1 fully saturated rings. The van der Waals surface area contributed by atoms with Crippen molar-refractivity contribution in [3.8, 4) is 5.75 Å². The van der Waals surface area contributed by atoms with Crippen LogP contribution in [-0.4, -0.2) is 48.6 Å². The van der Waals surface area contributed by atoms with Gasteiger partial charge >= 0.3 is 0 Å². The highest BCUT2D eigenvalue weighted by molar-refractivity contribution is 5.27. The van der Waals surface area contributed by atoms with Crippen molar-refractivity contribution < 1.29 is 4.74 Å². The van der Waals surface area contributed by atoms with E-state index in [1.165, 1.54) is 44.6 Å². The zero-order valence-electron chi connectivity index (χ0n) is 16.1. The van der Waals surface area contributed by atoms with Crippen LogP contribution in [0.2, 0.25) is 0 Å². The molecule has 1 aliphatic rings. The average molecular weight is 333 g/mol. The zero-order valence-corrected chi connectivity index (χ0v) is 16.1. The molecule has 0 amide bonds. The van der Waals surface area contributed by atoms with Crippen LogP contribution in [0.25, 0.3) is 0 Å². The first-order valence-corrected chi connectivity index (χ1v) is 9.72. The smallest absolute Gasteiger partial charge is 0.119 e. The molecule has 3 nitrogen and oxygen atoms in total. The fourth-order valence-corrected chi connectivity index (χ4v) is 3.23. The van der Waals surface area contributed by atoms with Crippen LogP contribution in [0.15, 0.2) is 24.3 Å². The molecule has 1 heterocycles. The normalized spacial score (nSPS) is 16.9. The molecule has 2 rings (SSSR count). The van der Waals surface area contributed by atoms with Crippen LogP contribution in [-0.2, 0) is 6.54 Å². The first kappa shape index (κ1) is 19.3. The first-order valence-electron chi connectivity index (χ1n) is 9.72. The Bertz CT molecular complexity index is 447. The van der Waals surface area contributed by atoms with E-state index in [-0.39, 0.29) is 0 Å². The molecule has 0 atom stereocenters. The molecule has 1 saturated heterocycles. The molecule has 1 aromatic carbocycles. The molecule has 1 aromatic rings. The first-order chi connectivity index (χ1) is 11.5. The van der Waals surface area contributed by atoms with Crippen LogP contribution in [0, 0.1) is 5.92 Å². The maximum atomic E-state index is 5.85. The lowest BCUT2D eigenvalue weighted by atomic mass is 10.1. The van der Waals surface area contributed by atoms with Gasteiger partial charge in [0.15, 0.2) is 0 Å². The van der Waals surface area contributed by atoms with Gasteiger partial charge in [-0.05, 0) is 50.3 Å². The van der Waals surface area contributed by atoms with Gasteiger partial charge in [-0.15, -0.1) is 0 Å². The summed E-state index contributed by atoms with van der Waals surface area (Å²) < 4.78 is 5.85. The van der Waals surface area contributed by atoms with Crippen molar-refractivity contribution in [2.75, 3.05) is 32.8 Å². The molecule has 1 aliphatic heterocycles. The number of benzene rings is 1. The maximum absolute atomic E-state index is 5.85. The highest BCUT2D eigenvalue weighted by Gasteiger charge is 2.18. The minimum absolute atomic E-state index is 0.670. The van der Waals surface area contributed by atoms with Gasteiger partial charge in [-0.3, -0.25) is 9.80 Å². The van der Waals surface area contributed by atoms with Crippen molar-refractivity contribution in [3.05, 3.63) is 29.8 Å². The minimum atomic E-state index is 0.670. The lowest BCUT2D eigenvalue weighted by Crippen LogP contribution is -2.48.